The van der Waals surface area contributed by atoms with Crippen molar-refractivity contribution in [2.24, 2.45) is 0 Å². The van der Waals surface area contributed by atoms with Gasteiger partial charge in [0.2, 0.25) is 0 Å². The number of benzene rings is 1. The zero-order chi connectivity index (χ0) is 13.1. The summed E-state index contributed by atoms with van der Waals surface area (Å²) in [5.74, 6) is 0. The molecule has 1 rings (SSSR count). The Morgan fingerprint density at radius 3 is 2.71 bits per heavy atom. The van der Waals surface area contributed by atoms with Gasteiger partial charge in [-0.1, -0.05) is 0 Å². The van der Waals surface area contributed by atoms with Crippen molar-refractivity contribution in [3.63, 3.8) is 0 Å². The Bertz CT molecular complexity index is 421. The molecular weight excluding hydrogens is 335 g/mol. The van der Waals surface area contributed by atoms with Crippen LogP contribution in [0.5, 0.6) is 0 Å². The summed E-state index contributed by atoms with van der Waals surface area (Å²) in [5.41, 5.74) is 0.237. The number of methoxy groups -OCH3 is 1. The third kappa shape index (κ3) is 4.12. The van der Waals surface area contributed by atoms with E-state index in [9.17, 15) is 10.1 Å². The summed E-state index contributed by atoms with van der Waals surface area (Å²) >= 11 is 2.05. The first kappa shape index (κ1) is 14.2. The van der Waals surface area contributed by atoms with Crippen molar-refractivity contribution < 1.29 is 9.66 Å². The predicted molar refractivity (Wildman–Crippen MR) is 75.4 cm³/mol. The van der Waals surface area contributed by atoms with Crippen LogP contribution in [0.3, 0.4) is 0 Å². The van der Waals surface area contributed by atoms with Gasteiger partial charge in [0.15, 0.2) is 0 Å². The second kappa shape index (κ2) is 5.63. The molecule has 0 amide bonds. The van der Waals surface area contributed by atoms with Crippen molar-refractivity contribution in [3.05, 3.63) is 31.9 Å². The maximum Gasteiger partial charge on any atom is 0.293 e. The Morgan fingerprint density at radius 2 is 2.18 bits per heavy atom. The molecule has 0 aliphatic rings. The number of hydrogen-bond acceptors (Lipinski definition) is 4. The minimum atomic E-state index is -0.385. The van der Waals surface area contributed by atoms with E-state index in [0.29, 0.717) is 12.2 Å². The number of nitro benzene ring substituents is 1. The molecule has 1 N–H and O–H groups in total. The van der Waals surface area contributed by atoms with Crippen LogP contribution in [0.2, 0.25) is 0 Å². The van der Waals surface area contributed by atoms with E-state index in [-0.39, 0.29) is 16.2 Å². The Kier molecular flexibility index (Phi) is 4.70. The van der Waals surface area contributed by atoms with E-state index in [0.717, 1.165) is 3.57 Å². The molecule has 0 saturated heterocycles. The van der Waals surface area contributed by atoms with Crippen LogP contribution >= 0.6 is 22.6 Å². The summed E-state index contributed by atoms with van der Waals surface area (Å²) < 4.78 is 6.09. The molecule has 1 aromatic carbocycles. The maximum absolute atomic E-state index is 10.9. The fourth-order valence-electron chi connectivity index (χ4n) is 1.19. The van der Waals surface area contributed by atoms with Gasteiger partial charge in [-0.2, -0.15) is 0 Å². The second-order valence-electron chi connectivity index (χ2n) is 4.24. The molecule has 5 nitrogen and oxygen atoms in total. The lowest BCUT2D eigenvalue weighted by Gasteiger charge is -2.23. The van der Waals surface area contributed by atoms with Gasteiger partial charge < -0.3 is 10.1 Å². The summed E-state index contributed by atoms with van der Waals surface area (Å²) in [5, 5.41) is 13.9. The molecule has 0 spiro atoms. The topological polar surface area (TPSA) is 64.4 Å². The molecule has 94 valence electrons. The molecule has 0 radical (unpaired) electrons. The minimum Gasteiger partial charge on any atom is -0.377 e. The molecule has 0 unspecified atom stereocenters. The Morgan fingerprint density at radius 1 is 1.53 bits per heavy atom. The highest BCUT2D eigenvalue weighted by atomic mass is 127. The Labute approximate surface area is 114 Å². The smallest absolute Gasteiger partial charge is 0.293 e. The fourth-order valence-corrected chi connectivity index (χ4v) is 1.66. The number of ether oxygens (including phenoxy) is 1. The number of nitrogens with one attached hydrogen (secondary N) is 1. The van der Waals surface area contributed by atoms with Gasteiger partial charge >= 0.3 is 0 Å². The minimum absolute atomic E-state index is 0.0869. The molecule has 0 heterocycles. The fraction of sp³-hybridized carbons (Fsp3) is 0.455. The van der Waals surface area contributed by atoms with E-state index in [1.54, 1.807) is 19.2 Å². The average Bonchev–Trinajstić information content (AvgIpc) is 2.27. The molecule has 0 aromatic heterocycles. The molecule has 0 fully saturated rings. The van der Waals surface area contributed by atoms with Crippen molar-refractivity contribution in [2.75, 3.05) is 19.0 Å². The van der Waals surface area contributed by atoms with Crippen LogP contribution < -0.4 is 5.32 Å². The second-order valence-corrected chi connectivity index (χ2v) is 5.48. The van der Waals surface area contributed by atoms with Crippen molar-refractivity contribution in [1.82, 2.24) is 0 Å². The first-order chi connectivity index (χ1) is 7.85. The molecule has 0 atom stereocenters. The van der Waals surface area contributed by atoms with Gasteiger partial charge in [-0.15, -0.1) is 0 Å². The van der Waals surface area contributed by atoms with Crippen LogP contribution in [-0.4, -0.2) is 24.2 Å². The highest BCUT2D eigenvalue weighted by Gasteiger charge is 2.19. The molecule has 0 aliphatic carbocycles. The number of rotatable bonds is 5. The van der Waals surface area contributed by atoms with E-state index < -0.39 is 0 Å². The van der Waals surface area contributed by atoms with Crippen molar-refractivity contribution in [1.29, 1.82) is 0 Å². The molecule has 17 heavy (non-hydrogen) atoms. The van der Waals surface area contributed by atoms with E-state index >= 15 is 0 Å². The molecule has 6 heteroatoms. The average molecular weight is 350 g/mol. The van der Waals surface area contributed by atoms with Crippen LogP contribution in [0.15, 0.2) is 18.2 Å². The SMILES string of the molecule is COC(C)(C)CNc1ccc(I)cc1[N+](=O)[O-]. The van der Waals surface area contributed by atoms with Gasteiger partial charge in [0, 0.05) is 23.3 Å². The van der Waals surface area contributed by atoms with Crippen molar-refractivity contribution in [2.45, 2.75) is 19.4 Å². The number of nitro groups is 1. The van der Waals surface area contributed by atoms with Crippen LogP contribution in [0.25, 0.3) is 0 Å². The number of anilines is 1. The number of nitrogens with zero attached hydrogens (tertiary/aromatic N) is 1. The van der Waals surface area contributed by atoms with Gasteiger partial charge in [0.25, 0.3) is 5.69 Å². The molecular formula is C11H15IN2O3. The van der Waals surface area contributed by atoms with Crippen LogP contribution in [0, 0.1) is 13.7 Å². The predicted octanol–water partition coefficient (Wildman–Crippen LogP) is 3.04. The van der Waals surface area contributed by atoms with Crippen LogP contribution in [-0.2, 0) is 4.74 Å². The largest absolute Gasteiger partial charge is 0.377 e. The third-order valence-electron chi connectivity index (χ3n) is 2.41. The van der Waals surface area contributed by atoms with E-state index in [2.05, 4.69) is 27.9 Å². The summed E-state index contributed by atoms with van der Waals surface area (Å²) in [6.07, 6.45) is 0. The lowest BCUT2D eigenvalue weighted by Crippen LogP contribution is -2.32. The van der Waals surface area contributed by atoms with Gasteiger partial charge in [-0.3, -0.25) is 10.1 Å². The zero-order valence-corrected chi connectivity index (χ0v) is 12.1. The lowest BCUT2D eigenvalue weighted by atomic mass is 10.1. The highest BCUT2D eigenvalue weighted by Crippen LogP contribution is 2.26. The van der Waals surface area contributed by atoms with Crippen molar-refractivity contribution in [3.8, 4) is 0 Å². The molecule has 1 aromatic rings. The van der Waals surface area contributed by atoms with Crippen LogP contribution in [0.4, 0.5) is 11.4 Å². The highest BCUT2D eigenvalue weighted by molar-refractivity contribution is 14.1. The maximum atomic E-state index is 10.9. The summed E-state index contributed by atoms with van der Waals surface area (Å²) in [7, 11) is 1.62. The van der Waals surface area contributed by atoms with Gasteiger partial charge in [0.1, 0.15) is 5.69 Å². The quantitative estimate of drug-likeness (QED) is 0.504. The first-order valence-electron chi connectivity index (χ1n) is 5.09. The lowest BCUT2D eigenvalue weighted by molar-refractivity contribution is -0.384. The Balaban J connectivity index is 2.88. The third-order valence-corrected chi connectivity index (χ3v) is 3.08. The van der Waals surface area contributed by atoms with Gasteiger partial charge in [-0.05, 0) is 48.6 Å². The normalized spacial score (nSPS) is 11.3. The van der Waals surface area contributed by atoms with Crippen molar-refractivity contribution >= 4 is 34.0 Å². The summed E-state index contributed by atoms with van der Waals surface area (Å²) in [6.45, 7) is 4.34. The molecule has 0 saturated carbocycles. The van der Waals surface area contributed by atoms with Crippen LogP contribution in [0.1, 0.15) is 13.8 Å². The first-order valence-corrected chi connectivity index (χ1v) is 6.16. The number of halogens is 1. The van der Waals surface area contributed by atoms with E-state index in [1.807, 2.05) is 19.9 Å². The van der Waals surface area contributed by atoms with Gasteiger partial charge in [0.05, 0.1) is 10.5 Å². The molecule has 0 aliphatic heterocycles. The van der Waals surface area contributed by atoms with Gasteiger partial charge in [-0.25, -0.2) is 0 Å². The van der Waals surface area contributed by atoms with E-state index in [4.69, 9.17) is 4.74 Å². The monoisotopic (exact) mass is 350 g/mol. The molecule has 0 bridgehead atoms. The Hall–Kier alpha value is -0.890. The van der Waals surface area contributed by atoms with E-state index in [1.165, 1.54) is 0 Å². The number of hydrogen-bond donors (Lipinski definition) is 1. The summed E-state index contributed by atoms with van der Waals surface area (Å²) in [6, 6.07) is 5.09. The zero-order valence-electron chi connectivity index (χ0n) is 9.99. The summed E-state index contributed by atoms with van der Waals surface area (Å²) in [4.78, 5) is 10.5. The standard InChI is InChI=1S/C11H15IN2O3/c1-11(2,17-3)7-13-9-5-4-8(12)6-10(9)14(15)16/h4-6,13H,7H2,1-3H3.